The van der Waals surface area contributed by atoms with Gasteiger partial charge in [0.15, 0.2) is 12.5 Å². The van der Waals surface area contributed by atoms with Crippen molar-refractivity contribution in [2.45, 2.75) is 70.1 Å². The Morgan fingerprint density at radius 3 is 2.50 bits per heavy atom. The zero-order chi connectivity index (χ0) is 18.6. The molecule has 0 aromatic rings. The number of halogens is 4. The van der Waals surface area contributed by atoms with Crippen molar-refractivity contribution in [3.8, 4) is 0 Å². The Balaban J connectivity index is 1.51. The fourth-order valence-electron chi connectivity index (χ4n) is 4.20. The molecule has 7 heteroatoms. The molecule has 0 aromatic heterocycles. The van der Waals surface area contributed by atoms with Gasteiger partial charge in [0, 0.05) is 38.2 Å². The second-order valence-corrected chi connectivity index (χ2v) is 7.67. The number of rotatable bonds is 4. The maximum Gasteiger partial charge on any atom is 0.422 e. The summed E-state index contributed by atoms with van der Waals surface area (Å²) in [7, 11) is 0. The number of hydrogen-bond donors (Lipinski definition) is 0. The molecule has 0 radical (unpaired) electrons. The third kappa shape index (κ3) is 5.69. The van der Waals surface area contributed by atoms with Gasteiger partial charge in [0.25, 0.3) is 0 Å². The standard InChI is InChI=1S/C19H28F4N2O/c20-16(14-4-2-1-3-5-14)12-25-10-8-15-6-7-18(24-17(15)9-11-25)26-13-19(21,22)23/h14,16H,1-13H2. The molecule has 1 aliphatic carbocycles. The van der Waals surface area contributed by atoms with E-state index in [9.17, 15) is 17.6 Å². The molecule has 3 nitrogen and oxygen atoms in total. The van der Waals surface area contributed by atoms with Gasteiger partial charge in [-0.2, -0.15) is 13.2 Å². The highest BCUT2D eigenvalue weighted by Crippen LogP contribution is 2.31. The molecule has 2 heterocycles. The highest BCUT2D eigenvalue weighted by Gasteiger charge is 2.31. The molecule has 0 spiro atoms. The molecule has 148 valence electrons. The first-order valence-electron chi connectivity index (χ1n) is 9.75. The Bertz CT molecular complexity index is 538. The van der Waals surface area contributed by atoms with Crippen molar-refractivity contribution in [1.82, 2.24) is 4.90 Å². The molecule has 1 saturated carbocycles. The Morgan fingerprint density at radius 2 is 1.77 bits per heavy atom. The van der Waals surface area contributed by atoms with Crippen LogP contribution in [0.5, 0.6) is 0 Å². The van der Waals surface area contributed by atoms with Crippen LogP contribution in [0.1, 0.15) is 57.8 Å². The van der Waals surface area contributed by atoms with Crippen LogP contribution in [0.4, 0.5) is 17.6 Å². The second kappa shape index (κ2) is 8.72. The molecule has 1 unspecified atom stereocenters. The van der Waals surface area contributed by atoms with E-state index in [0.717, 1.165) is 44.3 Å². The molecule has 26 heavy (non-hydrogen) atoms. The smallest absolute Gasteiger partial charge is 0.422 e. The highest BCUT2D eigenvalue weighted by atomic mass is 19.4. The summed E-state index contributed by atoms with van der Waals surface area (Å²) in [4.78, 5) is 6.48. The first-order chi connectivity index (χ1) is 12.4. The minimum absolute atomic E-state index is 0.181. The van der Waals surface area contributed by atoms with Gasteiger partial charge < -0.3 is 4.74 Å². The van der Waals surface area contributed by atoms with Crippen LogP contribution in [-0.4, -0.2) is 49.4 Å². The average Bonchev–Trinajstić information content (AvgIpc) is 2.82. The summed E-state index contributed by atoms with van der Waals surface area (Å²) in [5.41, 5.74) is 2.05. The van der Waals surface area contributed by atoms with Crippen molar-refractivity contribution < 1.29 is 22.3 Å². The van der Waals surface area contributed by atoms with Crippen LogP contribution in [0.2, 0.25) is 0 Å². The van der Waals surface area contributed by atoms with E-state index in [1.165, 1.54) is 12.0 Å². The minimum atomic E-state index is -4.34. The molecule has 0 aromatic carbocycles. The van der Waals surface area contributed by atoms with E-state index < -0.39 is 19.0 Å². The highest BCUT2D eigenvalue weighted by molar-refractivity contribution is 5.78. The van der Waals surface area contributed by atoms with Gasteiger partial charge in [0.05, 0.1) is 0 Å². The van der Waals surface area contributed by atoms with Crippen LogP contribution in [0.25, 0.3) is 0 Å². The maximum absolute atomic E-state index is 14.6. The summed E-state index contributed by atoms with van der Waals surface area (Å²) in [5.74, 6) is 0.370. The van der Waals surface area contributed by atoms with Gasteiger partial charge in [-0.3, -0.25) is 4.90 Å². The lowest BCUT2D eigenvalue weighted by Crippen LogP contribution is -2.35. The second-order valence-electron chi connectivity index (χ2n) is 7.67. The van der Waals surface area contributed by atoms with Crippen LogP contribution in [0, 0.1) is 5.92 Å². The molecule has 3 rings (SSSR count). The van der Waals surface area contributed by atoms with E-state index in [0.29, 0.717) is 32.4 Å². The number of aliphatic imine (C=N–C) groups is 1. The number of hydrogen-bond acceptors (Lipinski definition) is 3. The molecule has 0 N–H and O–H groups in total. The van der Waals surface area contributed by atoms with Gasteiger partial charge in [-0.05, 0) is 37.2 Å². The van der Waals surface area contributed by atoms with Gasteiger partial charge >= 0.3 is 6.18 Å². The van der Waals surface area contributed by atoms with E-state index in [4.69, 9.17) is 4.74 Å². The Kier molecular flexibility index (Phi) is 6.59. The molecule has 1 fully saturated rings. The molecule has 0 saturated heterocycles. The minimum Gasteiger partial charge on any atom is -0.471 e. The van der Waals surface area contributed by atoms with E-state index >= 15 is 0 Å². The van der Waals surface area contributed by atoms with Crippen LogP contribution < -0.4 is 0 Å². The van der Waals surface area contributed by atoms with E-state index in [1.54, 1.807) is 0 Å². The Hall–Kier alpha value is -1.11. The van der Waals surface area contributed by atoms with Crippen molar-refractivity contribution in [3.05, 3.63) is 11.3 Å². The largest absolute Gasteiger partial charge is 0.471 e. The average molecular weight is 376 g/mol. The fraction of sp³-hybridized carbons (Fsp3) is 0.842. The zero-order valence-corrected chi connectivity index (χ0v) is 15.2. The fourth-order valence-corrected chi connectivity index (χ4v) is 4.20. The topological polar surface area (TPSA) is 24.8 Å². The lowest BCUT2D eigenvalue weighted by molar-refractivity contribution is -0.156. The van der Waals surface area contributed by atoms with Crippen LogP contribution in [0.3, 0.4) is 0 Å². The van der Waals surface area contributed by atoms with Crippen molar-refractivity contribution in [1.29, 1.82) is 0 Å². The van der Waals surface area contributed by atoms with E-state index in [2.05, 4.69) is 9.89 Å². The quantitative estimate of drug-likeness (QED) is 0.643. The number of alkyl halides is 4. The van der Waals surface area contributed by atoms with E-state index in [1.807, 2.05) is 0 Å². The molecule has 3 aliphatic rings. The summed E-state index contributed by atoms with van der Waals surface area (Å²) in [6.07, 6.45) is 2.96. The predicted molar refractivity (Wildman–Crippen MR) is 92.8 cm³/mol. The summed E-state index contributed by atoms with van der Waals surface area (Å²) in [6.45, 7) is 0.695. The van der Waals surface area contributed by atoms with Crippen LogP contribution in [-0.2, 0) is 4.74 Å². The van der Waals surface area contributed by atoms with Crippen LogP contribution >= 0.6 is 0 Å². The van der Waals surface area contributed by atoms with E-state index in [-0.39, 0.29) is 11.8 Å². The van der Waals surface area contributed by atoms with Crippen molar-refractivity contribution in [2.75, 3.05) is 26.2 Å². The van der Waals surface area contributed by atoms with Gasteiger partial charge in [0.1, 0.15) is 6.17 Å². The van der Waals surface area contributed by atoms with Gasteiger partial charge in [-0.1, -0.05) is 19.3 Å². The molecule has 1 atom stereocenters. The Morgan fingerprint density at radius 1 is 1.04 bits per heavy atom. The van der Waals surface area contributed by atoms with Gasteiger partial charge in [-0.15, -0.1) is 0 Å². The van der Waals surface area contributed by atoms with Crippen LogP contribution in [0.15, 0.2) is 16.3 Å². The zero-order valence-electron chi connectivity index (χ0n) is 15.2. The predicted octanol–water partition coefficient (Wildman–Crippen LogP) is 5.03. The molecule has 2 aliphatic heterocycles. The van der Waals surface area contributed by atoms with Gasteiger partial charge in [0.2, 0.25) is 0 Å². The third-order valence-electron chi connectivity index (χ3n) is 5.70. The monoisotopic (exact) mass is 376 g/mol. The third-order valence-corrected chi connectivity index (χ3v) is 5.70. The first kappa shape index (κ1) is 19.6. The molecule has 0 bridgehead atoms. The summed E-state index contributed by atoms with van der Waals surface area (Å²) in [5, 5.41) is 0. The summed E-state index contributed by atoms with van der Waals surface area (Å²) in [6, 6.07) is 0. The summed E-state index contributed by atoms with van der Waals surface area (Å²) >= 11 is 0. The Labute approximate surface area is 152 Å². The number of ether oxygens (including phenoxy) is 1. The number of nitrogens with zero attached hydrogens (tertiary/aromatic N) is 2. The van der Waals surface area contributed by atoms with Crippen molar-refractivity contribution in [2.24, 2.45) is 10.9 Å². The first-order valence-corrected chi connectivity index (χ1v) is 9.75. The van der Waals surface area contributed by atoms with Crippen molar-refractivity contribution in [3.63, 3.8) is 0 Å². The maximum atomic E-state index is 14.6. The lowest BCUT2D eigenvalue weighted by atomic mass is 9.86. The van der Waals surface area contributed by atoms with Crippen molar-refractivity contribution >= 4 is 5.90 Å². The molecular weight excluding hydrogens is 348 g/mol. The SMILES string of the molecule is FC(CN1CCC2=C(CC1)N=C(OCC(F)(F)F)CC2)C1CCCCC1. The molecular formula is C19H28F4N2O. The summed E-state index contributed by atoms with van der Waals surface area (Å²) < 4.78 is 56.4. The lowest BCUT2D eigenvalue weighted by Gasteiger charge is -2.29. The normalized spacial score (nSPS) is 24.7. The molecule has 0 amide bonds. The van der Waals surface area contributed by atoms with Gasteiger partial charge in [-0.25, -0.2) is 9.38 Å².